The molecule has 0 aliphatic carbocycles. The van der Waals surface area contributed by atoms with E-state index in [1.165, 1.54) is 18.5 Å². The zero-order chi connectivity index (χ0) is 22.7. The third-order valence-corrected chi connectivity index (χ3v) is 5.15. The van der Waals surface area contributed by atoms with Crippen LogP contribution < -0.4 is 10.2 Å². The van der Waals surface area contributed by atoms with Crippen LogP contribution in [0, 0.1) is 5.82 Å². The Morgan fingerprint density at radius 2 is 1.84 bits per heavy atom. The molecule has 0 fully saturated rings. The molecule has 1 aromatic heterocycles. The van der Waals surface area contributed by atoms with Crippen molar-refractivity contribution in [1.82, 2.24) is 14.8 Å². The number of nitrogens with zero attached hydrogens (tertiary/aromatic N) is 4. The van der Waals surface area contributed by atoms with Crippen LogP contribution in [0.25, 0.3) is 0 Å². The molecule has 0 bridgehead atoms. The number of fused-ring (bicyclic) bond motifs is 1. The molecule has 164 valence electrons. The van der Waals surface area contributed by atoms with Crippen molar-refractivity contribution in [1.29, 1.82) is 0 Å². The van der Waals surface area contributed by atoms with Crippen molar-refractivity contribution in [2.75, 3.05) is 23.4 Å². The van der Waals surface area contributed by atoms with Gasteiger partial charge in [-0.2, -0.15) is 10.1 Å². The molecule has 1 N–H and O–H groups in total. The van der Waals surface area contributed by atoms with Crippen molar-refractivity contribution in [2.24, 2.45) is 0 Å². The van der Waals surface area contributed by atoms with Crippen LogP contribution >= 0.6 is 0 Å². The maximum atomic E-state index is 13.5. The van der Waals surface area contributed by atoms with E-state index in [2.05, 4.69) is 15.4 Å². The number of nitrogens with one attached hydrogen (secondary N) is 1. The molecule has 4 rings (SSSR count). The highest BCUT2D eigenvalue weighted by Crippen LogP contribution is 2.38. The van der Waals surface area contributed by atoms with Gasteiger partial charge in [-0.05, 0) is 43.7 Å². The van der Waals surface area contributed by atoms with Crippen LogP contribution in [0.2, 0.25) is 0 Å². The molecule has 9 heteroatoms. The molecule has 0 spiro atoms. The second-order valence-corrected chi connectivity index (χ2v) is 7.18. The first kappa shape index (κ1) is 21.2. The Labute approximate surface area is 184 Å². The minimum atomic E-state index is -0.666. The Kier molecular flexibility index (Phi) is 5.98. The van der Waals surface area contributed by atoms with Crippen LogP contribution in [0.4, 0.5) is 16.0 Å². The van der Waals surface area contributed by atoms with Crippen LogP contribution in [-0.4, -0.2) is 39.8 Å². The Morgan fingerprint density at radius 1 is 1.12 bits per heavy atom. The summed E-state index contributed by atoms with van der Waals surface area (Å²) in [5.41, 5.74) is 2.13. The van der Waals surface area contributed by atoms with E-state index in [1.807, 2.05) is 18.2 Å². The summed E-state index contributed by atoms with van der Waals surface area (Å²) in [6.45, 7) is 3.55. The van der Waals surface area contributed by atoms with Gasteiger partial charge < -0.3 is 15.0 Å². The summed E-state index contributed by atoms with van der Waals surface area (Å²) < 4.78 is 20.4. The van der Waals surface area contributed by atoms with Crippen LogP contribution in [0.1, 0.15) is 25.5 Å². The molecule has 0 saturated heterocycles. The molecule has 8 nitrogen and oxygen atoms in total. The molecule has 0 unspecified atom stereocenters. The molecule has 1 aliphatic rings. The van der Waals surface area contributed by atoms with E-state index in [4.69, 9.17) is 4.74 Å². The van der Waals surface area contributed by atoms with E-state index in [-0.39, 0.29) is 24.9 Å². The van der Waals surface area contributed by atoms with Gasteiger partial charge in [0.05, 0.1) is 12.2 Å². The standard InChI is InChI=1S/C23H22FN5O3/c1-3-32-22(31)20-15(2)28(13-19(30)27-18-7-5-4-6-8-18)23-25-14-26-29(23)21(20)16-9-11-17(24)12-10-16/h4-12,14,21H,3,13H2,1-2H3,(H,27,30)/t21-/m0/s1. The number of aromatic nitrogens is 3. The normalized spacial score (nSPS) is 15.3. The number of anilines is 2. The van der Waals surface area contributed by atoms with Crippen LogP contribution in [-0.2, 0) is 14.3 Å². The van der Waals surface area contributed by atoms with Crippen molar-refractivity contribution in [3.63, 3.8) is 0 Å². The highest BCUT2D eigenvalue weighted by atomic mass is 19.1. The summed E-state index contributed by atoms with van der Waals surface area (Å²) >= 11 is 0. The number of benzene rings is 2. The molecule has 3 aromatic rings. The minimum Gasteiger partial charge on any atom is -0.463 e. The first-order valence-electron chi connectivity index (χ1n) is 10.1. The monoisotopic (exact) mass is 435 g/mol. The molecule has 2 aromatic carbocycles. The molecular formula is C23H22FN5O3. The number of halogens is 1. The minimum absolute atomic E-state index is 0.0849. The van der Waals surface area contributed by atoms with Gasteiger partial charge in [-0.3, -0.25) is 4.79 Å². The van der Waals surface area contributed by atoms with Gasteiger partial charge in [-0.1, -0.05) is 30.3 Å². The average molecular weight is 435 g/mol. The zero-order valence-corrected chi connectivity index (χ0v) is 17.7. The summed E-state index contributed by atoms with van der Waals surface area (Å²) in [7, 11) is 0. The summed E-state index contributed by atoms with van der Waals surface area (Å²) in [6.07, 6.45) is 1.36. The summed E-state index contributed by atoms with van der Waals surface area (Å²) in [4.78, 5) is 31.7. The lowest BCUT2D eigenvalue weighted by atomic mass is 9.95. The quantitative estimate of drug-likeness (QED) is 0.598. The third-order valence-electron chi connectivity index (χ3n) is 5.15. The van der Waals surface area contributed by atoms with Crippen molar-refractivity contribution < 1.29 is 18.7 Å². The fraction of sp³-hybridized carbons (Fsp3) is 0.217. The largest absolute Gasteiger partial charge is 0.463 e. The highest BCUT2D eigenvalue weighted by Gasteiger charge is 2.38. The van der Waals surface area contributed by atoms with Gasteiger partial charge in [0.15, 0.2) is 0 Å². The number of ether oxygens (including phenoxy) is 1. The summed E-state index contributed by atoms with van der Waals surface area (Å²) in [5.74, 6) is -0.809. The van der Waals surface area contributed by atoms with Gasteiger partial charge in [-0.25, -0.2) is 13.9 Å². The molecule has 1 aliphatic heterocycles. The lowest BCUT2D eigenvalue weighted by Gasteiger charge is -2.35. The topological polar surface area (TPSA) is 89.3 Å². The molecule has 0 saturated carbocycles. The third kappa shape index (κ3) is 4.09. The lowest BCUT2D eigenvalue weighted by Crippen LogP contribution is -2.40. The fourth-order valence-corrected chi connectivity index (χ4v) is 3.71. The molecule has 2 heterocycles. The Bertz CT molecular complexity index is 1160. The Hall–Kier alpha value is -4.01. The maximum absolute atomic E-state index is 13.5. The van der Waals surface area contributed by atoms with E-state index in [9.17, 15) is 14.0 Å². The van der Waals surface area contributed by atoms with Crippen molar-refractivity contribution in [3.05, 3.63) is 83.6 Å². The maximum Gasteiger partial charge on any atom is 0.338 e. The van der Waals surface area contributed by atoms with Crippen molar-refractivity contribution in [2.45, 2.75) is 19.9 Å². The van der Waals surface area contributed by atoms with Gasteiger partial charge in [0.2, 0.25) is 11.9 Å². The van der Waals surface area contributed by atoms with E-state index in [0.29, 0.717) is 28.5 Å². The Balaban J connectivity index is 1.74. The van der Waals surface area contributed by atoms with Crippen LogP contribution in [0.15, 0.2) is 72.2 Å². The summed E-state index contributed by atoms with van der Waals surface area (Å²) in [5, 5.41) is 7.13. The number of para-hydroxylation sites is 1. The van der Waals surface area contributed by atoms with E-state index in [0.717, 1.165) is 0 Å². The van der Waals surface area contributed by atoms with Crippen molar-refractivity contribution in [3.8, 4) is 0 Å². The van der Waals surface area contributed by atoms with E-state index in [1.54, 1.807) is 47.7 Å². The van der Waals surface area contributed by atoms with Gasteiger partial charge in [-0.15, -0.1) is 0 Å². The predicted molar refractivity (Wildman–Crippen MR) is 116 cm³/mol. The fourth-order valence-electron chi connectivity index (χ4n) is 3.71. The molecule has 1 atom stereocenters. The number of allylic oxidation sites excluding steroid dienone is 1. The molecular weight excluding hydrogens is 413 g/mol. The second-order valence-electron chi connectivity index (χ2n) is 7.18. The SMILES string of the molecule is CCOC(=O)C1=C(C)N(CC(=O)Nc2ccccc2)c2ncnn2[C@H]1c1ccc(F)cc1. The number of carbonyl (C=O) groups excluding carboxylic acids is 2. The van der Waals surface area contributed by atoms with Gasteiger partial charge in [0.1, 0.15) is 24.7 Å². The predicted octanol–water partition coefficient (Wildman–Crippen LogP) is 3.30. The number of esters is 1. The molecule has 32 heavy (non-hydrogen) atoms. The average Bonchev–Trinajstić information content (AvgIpc) is 3.26. The highest BCUT2D eigenvalue weighted by molar-refractivity contribution is 5.96. The van der Waals surface area contributed by atoms with Gasteiger partial charge >= 0.3 is 5.97 Å². The van der Waals surface area contributed by atoms with Gasteiger partial charge in [0, 0.05) is 11.4 Å². The number of hydrogen-bond donors (Lipinski definition) is 1. The first-order valence-corrected chi connectivity index (χ1v) is 10.1. The first-order chi connectivity index (χ1) is 15.5. The van der Waals surface area contributed by atoms with Gasteiger partial charge in [0.25, 0.3) is 0 Å². The number of hydrogen-bond acceptors (Lipinski definition) is 6. The smallest absolute Gasteiger partial charge is 0.338 e. The van der Waals surface area contributed by atoms with Crippen LogP contribution in [0.3, 0.4) is 0 Å². The number of rotatable bonds is 6. The zero-order valence-electron chi connectivity index (χ0n) is 17.7. The Morgan fingerprint density at radius 3 is 2.53 bits per heavy atom. The van der Waals surface area contributed by atoms with E-state index >= 15 is 0 Å². The van der Waals surface area contributed by atoms with Crippen molar-refractivity contribution >= 4 is 23.5 Å². The molecule has 1 amide bonds. The summed E-state index contributed by atoms with van der Waals surface area (Å²) in [6, 6.07) is 14.2. The lowest BCUT2D eigenvalue weighted by molar-refractivity contribution is -0.139. The van der Waals surface area contributed by atoms with E-state index < -0.39 is 12.0 Å². The molecule has 0 radical (unpaired) electrons. The number of amides is 1. The second kappa shape index (κ2) is 9.01. The van der Waals surface area contributed by atoms with Crippen LogP contribution in [0.5, 0.6) is 0 Å². The number of carbonyl (C=O) groups is 2.